The summed E-state index contributed by atoms with van der Waals surface area (Å²) in [6, 6.07) is 8.71. The second kappa shape index (κ2) is 7.46. The van der Waals surface area contributed by atoms with Gasteiger partial charge in [0.15, 0.2) is 5.78 Å². The highest BCUT2D eigenvalue weighted by molar-refractivity contribution is 6.06. The molecular formula is C16H16N2O5. The van der Waals surface area contributed by atoms with Gasteiger partial charge in [-0.3, -0.25) is 14.9 Å². The van der Waals surface area contributed by atoms with E-state index < -0.39 is 28.4 Å². The number of carbonyl (C=O) groups excluding carboxylic acids is 1. The Morgan fingerprint density at radius 2 is 1.96 bits per heavy atom. The number of hydrogen-bond acceptors (Lipinski definition) is 5. The fraction of sp³-hybridized carbons (Fsp3) is 0.250. The number of ketones is 1. The van der Waals surface area contributed by atoms with Gasteiger partial charge < -0.3 is 10.4 Å². The fourth-order valence-corrected chi connectivity index (χ4v) is 2.35. The first-order chi connectivity index (χ1) is 11.0. The minimum atomic E-state index is -1.34. The molecule has 0 spiro atoms. The van der Waals surface area contributed by atoms with Crippen LogP contribution in [0.3, 0.4) is 0 Å². The Morgan fingerprint density at radius 1 is 1.26 bits per heavy atom. The molecule has 120 valence electrons. The normalized spacial score (nSPS) is 17.4. The Hall–Kier alpha value is -2.80. The Bertz CT molecular complexity index is 679. The molecule has 1 aliphatic carbocycles. The SMILES string of the molecule is O=C(O)C1=CC([N+](=O)[O-])=CC(=O)C1NCCCc1ccccc1. The number of benzene rings is 1. The molecule has 1 unspecified atom stereocenters. The number of nitrogens with one attached hydrogen (secondary N) is 1. The second-order valence-electron chi connectivity index (χ2n) is 5.11. The highest BCUT2D eigenvalue weighted by atomic mass is 16.6. The molecule has 2 N–H and O–H groups in total. The van der Waals surface area contributed by atoms with Gasteiger partial charge in [-0.25, -0.2) is 4.79 Å². The topological polar surface area (TPSA) is 110 Å². The Morgan fingerprint density at radius 3 is 2.57 bits per heavy atom. The molecule has 2 rings (SSSR count). The third kappa shape index (κ3) is 4.33. The van der Waals surface area contributed by atoms with Crippen LogP contribution < -0.4 is 5.32 Å². The average Bonchev–Trinajstić information content (AvgIpc) is 2.52. The highest BCUT2D eigenvalue weighted by Gasteiger charge is 2.32. The maximum atomic E-state index is 11.9. The molecule has 0 saturated heterocycles. The van der Waals surface area contributed by atoms with Gasteiger partial charge in [-0.1, -0.05) is 30.3 Å². The molecule has 1 atom stereocenters. The third-order valence-corrected chi connectivity index (χ3v) is 3.48. The van der Waals surface area contributed by atoms with E-state index in [0.717, 1.165) is 24.1 Å². The smallest absolute Gasteiger partial charge is 0.333 e. The van der Waals surface area contributed by atoms with Crippen molar-refractivity contribution >= 4 is 11.8 Å². The van der Waals surface area contributed by atoms with Crippen molar-refractivity contribution in [1.29, 1.82) is 0 Å². The molecular weight excluding hydrogens is 300 g/mol. The standard InChI is InChI=1S/C16H16N2O5/c19-14-10-12(18(22)23)9-13(16(20)21)15(14)17-8-4-7-11-5-2-1-3-6-11/h1-3,5-6,9-10,15,17H,4,7-8H2,(H,20,21). The van der Waals surface area contributed by atoms with Crippen molar-refractivity contribution in [3.05, 3.63) is 69.4 Å². The van der Waals surface area contributed by atoms with Gasteiger partial charge in [-0.2, -0.15) is 0 Å². The minimum absolute atomic E-state index is 0.302. The molecule has 0 fully saturated rings. The molecule has 0 aromatic heterocycles. The van der Waals surface area contributed by atoms with E-state index in [-0.39, 0.29) is 5.57 Å². The lowest BCUT2D eigenvalue weighted by molar-refractivity contribution is -0.419. The number of carbonyl (C=O) groups is 2. The van der Waals surface area contributed by atoms with Gasteiger partial charge in [0.2, 0.25) is 0 Å². The summed E-state index contributed by atoms with van der Waals surface area (Å²) in [5, 5.41) is 22.7. The van der Waals surface area contributed by atoms with Crippen LogP contribution in [0, 0.1) is 10.1 Å². The molecule has 1 aliphatic rings. The number of aliphatic carboxylic acids is 1. The first-order valence-corrected chi connectivity index (χ1v) is 7.11. The molecule has 0 bridgehead atoms. The summed E-state index contributed by atoms with van der Waals surface area (Å²) in [6.07, 6.45) is 3.29. The van der Waals surface area contributed by atoms with E-state index in [1.165, 1.54) is 0 Å². The maximum absolute atomic E-state index is 11.9. The highest BCUT2D eigenvalue weighted by Crippen LogP contribution is 2.17. The number of nitrogens with zero attached hydrogens (tertiary/aromatic N) is 1. The largest absolute Gasteiger partial charge is 0.478 e. The van der Waals surface area contributed by atoms with Crippen LogP contribution in [0.4, 0.5) is 0 Å². The van der Waals surface area contributed by atoms with Crippen molar-refractivity contribution in [2.75, 3.05) is 6.54 Å². The van der Waals surface area contributed by atoms with Gasteiger partial charge in [-0.05, 0) is 24.9 Å². The summed E-state index contributed by atoms with van der Waals surface area (Å²) in [7, 11) is 0. The molecule has 1 aromatic rings. The molecule has 0 heterocycles. The second-order valence-corrected chi connectivity index (χ2v) is 5.11. The number of aryl methyl sites for hydroxylation is 1. The van der Waals surface area contributed by atoms with Gasteiger partial charge in [0.25, 0.3) is 5.70 Å². The van der Waals surface area contributed by atoms with E-state index in [4.69, 9.17) is 5.11 Å². The summed E-state index contributed by atoms with van der Waals surface area (Å²) >= 11 is 0. The van der Waals surface area contributed by atoms with E-state index in [1.54, 1.807) is 0 Å². The monoisotopic (exact) mass is 316 g/mol. The van der Waals surface area contributed by atoms with Gasteiger partial charge in [0, 0.05) is 6.08 Å². The van der Waals surface area contributed by atoms with Crippen molar-refractivity contribution < 1.29 is 19.6 Å². The number of carboxylic acids is 1. The lowest BCUT2D eigenvalue weighted by Gasteiger charge is -2.19. The first-order valence-electron chi connectivity index (χ1n) is 7.11. The number of nitro groups is 1. The van der Waals surface area contributed by atoms with Crippen LogP contribution in [-0.2, 0) is 16.0 Å². The number of rotatable bonds is 7. The summed E-state index contributed by atoms with van der Waals surface area (Å²) < 4.78 is 0. The van der Waals surface area contributed by atoms with Crippen molar-refractivity contribution in [3.8, 4) is 0 Å². The summed E-state index contributed by atoms with van der Waals surface area (Å²) in [5.74, 6) is -1.96. The van der Waals surface area contributed by atoms with E-state index in [0.29, 0.717) is 13.0 Å². The molecule has 0 aliphatic heterocycles. The predicted octanol–water partition coefficient (Wildman–Crippen LogP) is 1.33. The van der Waals surface area contributed by atoms with E-state index in [9.17, 15) is 19.7 Å². The van der Waals surface area contributed by atoms with Crippen molar-refractivity contribution in [2.45, 2.75) is 18.9 Å². The zero-order valence-electron chi connectivity index (χ0n) is 12.3. The zero-order valence-corrected chi connectivity index (χ0v) is 12.3. The van der Waals surface area contributed by atoms with Crippen LogP contribution in [0.5, 0.6) is 0 Å². The summed E-state index contributed by atoms with van der Waals surface area (Å²) in [6.45, 7) is 0.428. The van der Waals surface area contributed by atoms with E-state index in [1.807, 2.05) is 30.3 Å². The van der Waals surface area contributed by atoms with Gasteiger partial charge in [0.05, 0.1) is 16.6 Å². The average molecular weight is 316 g/mol. The molecule has 7 heteroatoms. The molecule has 0 radical (unpaired) electrons. The van der Waals surface area contributed by atoms with Crippen molar-refractivity contribution in [1.82, 2.24) is 5.32 Å². The Balaban J connectivity index is 1.96. The fourth-order valence-electron chi connectivity index (χ4n) is 2.35. The first kappa shape index (κ1) is 16.6. The number of hydrogen-bond donors (Lipinski definition) is 2. The summed E-state index contributed by atoms with van der Waals surface area (Å²) in [5.41, 5.74) is 0.340. The third-order valence-electron chi connectivity index (χ3n) is 3.48. The quantitative estimate of drug-likeness (QED) is 0.446. The van der Waals surface area contributed by atoms with Gasteiger partial charge in [-0.15, -0.1) is 0 Å². The van der Waals surface area contributed by atoms with Gasteiger partial charge >= 0.3 is 5.97 Å². The van der Waals surface area contributed by atoms with Crippen LogP contribution >= 0.6 is 0 Å². The minimum Gasteiger partial charge on any atom is -0.478 e. The van der Waals surface area contributed by atoms with Crippen LogP contribution in [0.1, 0.15) is 12.0 Å². The number of carboxylic acid groups (broad SMARTS) is 1. The van der Waals surface area contributed by atoms with E-state index in [2.05, 4.69) is 5.32 Å². The molecule has 0 amide bonds. The lowest BCUT2D eigenvalue weighted by Crippen LogP contribution is -2.42. The predicted molar refractivity (Wildman–Crippen MR) is 82.4 cm³/mol. The van der Waals surface area contributed by atoms with Crippen molar-refractivity contribution in [2.24, 2.45) is 0 Å². The van der Waals surface area contributed by atoms with Crippen LogP contribution in [-0.4, -0.2) is 34.4 Å². The number of allylic oxidation sites excluding steroid dienone is 1. The van der Waals surface area contributed by atoms with E-state index >= 15 is 0 Å². The van der Waals surface area contributed by atoms with Gasteiger partial charge in [0.1, 0.15) is 6.04 Å². The lowest BCUT2D eigenvalue weighted by atomic mass is 9.96. The molecule has 1 aromatic carbocycles. The maximum Gasteiger partial charge on any atom is 0.333 e. The Kier molecular flexibility index (Phi) is 5.37. The van der Waals surface area contributed by atoms with Crippen LogP contribution in [0.25, 0.3) is 0 Å². The Labute approximate surface area is 132 Å². The summed E-state index contributed by atoms with van der Waals surface area (Å²) in [4.78, 5) is 33.1. The zero-order chi connectivity index (χ0) is 16.8. The molecule has 23 heavy (non-hydrogen) atoms. The molecule has 7 nitrogen and oxygen atoms in total. The van der Waals surface area contributed by atoms with Crippen molar-refractivity contribution in [3.63, 3.8) is 0 Å². The molecule has 0 saturated carbocycles. The van der Waals surface area contributed by atoms with Crippen LogP contribution in [0.15, 0.2) is 53.8 Å². The van der Waals surface area contributed by atoms with Crippen LogP contribution in [0.2, 0.25) is 0 Å².